The van der Waals surface area contributed by atoms with Crippen LogP contribution in [0.15, 0.2) is 42.3 Å². The Kier molecular flexibility index (Phi) is 11.3. The maximum absolute atomic E-state index is 14.5. The summed E-state index contributed by atoms with van der Waals surface area (Å²) >= 11 is 1.26. The molecule has 2 saturated carbocycles. The quantitative estimate of drug-likeness (QED) is 0.143. The van der Waals surface area contributed by atoms with Gasteiger partial charge in [-0.3, -0.25) is 9.59 Å². The Morgan fingerprint density at radius 3 is 2.41 bits per heavy atom. The van der Waals surface area contributed by atoms with Gasteiger partial charge in [0.05, 0.1) is 23.3 Å². The number of carboxylic acid groups (broad SMARTS) is 1. The average molecular weight is 801 g/mol. The smallest absolute Gasteiger partial charge is 0.418 e. The normalized spacial score (nSPS) is 23.2. The molecule has 1 aliphatic heterocycles. The third-order valence-corrected chi connectivity index (χ3v) is 11.2. The van der Waals surface area contributed by atoms with Gasteiger partial charge in [0.25, 0.3) is 0 Å². The number of halogens is 3. The predicted molar refractivity (Wildman–Crippen MR) is 203 cm³/mol. The van der Waals surface area contributed by atoms with Crippen molar-refractivity contribution in [1.82, 2.24) is 25.5 Å². The highest BCUT2D eigenvalue weighted by Crippen LogP contribution is 2.45. The zero-order valence-electron chi connectivity index (χ0n) is 31.9. The van der Waals surface area contributed by atoms with Gasteiger partial charge in [-0.15, -0.1) is 17.9 Å². The summed E-state index contributed by atoms with van der Waals surface area (Å²) in [5.74, 6) is -3.18. The molecule has 4 N–H and O–H groups in total. The van der Waals surface area contributed by atoms with E-state index in [2.05, 4.69) is 32.5 Å². The number of likely N-dealkylation sites (tertiary alicyclic amines) is 1. The Labute approximate surface area is 326 Å². The van der Waals surface area contributed by atoms with Gasteiger partial charge in [-0.1, -0.05) is 32.9 Å². The van der Waals surface area contributed by atoms with E-state index in [4.69, 9.17) is 9.47 Å². The van der Waals surface area contributed by atoms with Gasteiger partial charge in [0.1, 0.15) is 41.3 Å². The monoisotopic (exact) mass is 800 g/mol. The summed E-state index contributed by atoms with van der Waals surface area (Å²) in [6.45, 7) is 12.5. The van der Waals surface area contributed by atoms with E-state index in [1.807, 2.05) is 13.8 Å². The number of benzene rings is 1. The number of thiazole rings is 1. The molecule has 3 heterocycles. The first-order valence-electron chi connectivity index (χ1n) is 18.7. The Balaban J connectivity index is 1.36. The number of anilines is 1. The Morgan fingerprint density at radius 1 is 1.09 bits per heavy atom. The number of aromatic nitrogens is 2. The summed E-state index contributed by atoms with van der Waals surface area (Å²) in [5, 5.41) is 20.8. The zero-order chi connectivity index (χ0) is 40.7. The van der Waals surface area contributed by atoms with E-state index < -0.39 is 70.7 Å². The fraction of sp³-hybridized carbons (Fsp3) is 0.538. The number of para-hydroxylation sites is 1. The number of rotatable bonds is 12. The lowest BCUT2D eigenvalue weighted by atomic mass is 9.85. The van der Waals surface area contributed by atoms with Crippen molar-refractivity contribution in [2.24, 2.45) is 11.3 Å². The largest absolute Gasteiger partial charge is 0.488 e. The topological polar surface area (TPSA) is 172 Å². The first kappa shape index (κ1) is 40.7. The van der Waals surface area contributed by atoms with E-state index in [0.29, 0.717) is 23.7 Å². The van der Waals surface area contributed by atoms with E-state index in [9.17, 15) is 37.5 Å². The summed E-state index contributed by atoms with van der Waals surface area (Å²) in [7, 11) is 0. The van der Waals surface area contributed by atoms with Crippen molar-refractivity contribution in [2.45, 2.75) is 115 Å². The number of aliphatic carboxylic acids is 1. The Hall–Kier alpha value is -4.93. The van der Waals surface area contributed by atoms with E-state index in [1.54, 1.807) is 26.2 Å². The SMILES string of the molecule is C=CC1CC1(NC(=O)C1CC(Oc2cc(-c3csc(NC(C)C)n3)nc3c(C(F)(F)F)cccc23)CN1C(=O)C(NC(=O)OC1CCCC1)C(C)(C)C)C(=O)O. The first-order valence-corrected chi connectivity index (χ1v) is 19.5. The number of nitrogens with one attached hydrogen (secondary N) is 3. The molecule has 17 heteroatoms. The summed E-state index contributed by atoms with van der Waals surface area (Å²) in [6.07, 6.45) is -2.12. The number of ether oxygens (including phenoxy) is 2. The van der Waals surface area contributed by atoms with Crippen molar-refractivity contribution in [3.8, 4) is 17.1 Å². The summed E-state index contributed by atoms with van der Waals surface area (Å²) in [4.78, 5) is 64.2. The van der Waals surface area contributed by atoms with Crippen LogP contribution in [0.3, 0.4) is 0 Å². The minimum atomic E-state index is -4.76. The number of fused-ring (bicyclic) bond motifs is 1. The van der Waals surface area contributed by atoms with Crippen molar-refractivity contribution in [1.29, 1.82) is 0 Å². The van der Waals surface area contributed by atoms with Crippen LogP contribution in [-0.2, 0) is 25.3 Å². The average Bonchev–Trinajstić information content (AvgIpc) is 3.52. The third kappa shape index (κ3) is 8.56. The van der Waals surface area contributed by atoms with Crippen LogP contribution < -0.4 is 20.7 Å². The summed E-state index contributed by atoms with van der Waals surface area (Å²) in [6, 6.07) is 2.69. The van der Waals surface area contributed by atoms with Crippen LogP contribution in [0.2, 0.25) is 0 Å². The Bertz CT molecular complexity index is 2010. The molecule has 0 bridgehead atoms. The summed E-state index contributed by atoms with van der Waals surface area (Å²) < 4.78 is 55.1. The minimum absolute atomic E-state index is 0.0162. The molecular weight excluding hydrogens is 754 g/mol. The van der Waals surface area contributed by atoms with Gasteiger partial charge in [-0.2, -0.15) is 13.2 Å². The number of alkyl halides is 3. The zero-order valence-corrected chi connectivity index (χ0v) is 32.7. The standard InChI is InChI=1S/C39H47F3N6O7S/c1-7-21-17-38(21,34(51)52)47-32(49)28-15-23(18-48(28)33(50)31(37(4,5)6)46-36(53)55-22-11-8-9-12-22)54-29-16-26(27-19-56-35(45-27)43-20(2)3)44-30-24(29)13-10-14-25(30)39(40,41)42/h7,10,13-14,16,19-23,28,31H,1,8-9,11-12,15,17-18H2,2-6H3,(H,43,45)(H,46,53)(H,47,49)(H,51,52). The maximum Gasteiger partial charge on any atom is 0.418 e. The molecule has 0 spiro atoms. The first-order chi connectivity index (χ1) is 26.3. The molecule has 2 aromatic heterocycles. The lowest BCUT2D eigenvalue weighted by molar-refractivity contribution is -0.146. The molecule has 3 aromatic rings. The van der Waals surface area contributed by atoms with Crippen molar-refractivity contribution >= 4 is 51.2 Å². The molecule has 5 atom stereocenters. The molecule has 1 saturated heterocycles. The van der Waals surface area contributed by atoms with E-state index >= 15 is 0 Å². The van der Waals surface area contributed by atoms with Crippen LogP contribution in [0.4, 0.5) is 23.1 Å². The molecule has 3 fully saturated rings. The van der Waals surface area contributed by atoms with Crippen molar-refractivity contribution < 1.29 is 46.9 Å². The van der Waals surface area contributed by atoms with Crippen LogP contribution in [-0.4, -0.2) is 86.3 Å². The highest BCUT2D eigenvalue weighted by atomic mass is 32.1. The number of carboxylic acids is 1. The molecule has 6 rings (SSSR count). The molecule has 3 aliphatic rings. The second-order valence-corrected chi connectivity index (χ2v) is 16.9. The van der Waals surface area contributed by atoms with E-state index in [-0.39, 0.29) is 53.9 Å². The molecule has 3 amide bonds. The van der Waals surface area contributed by atoms with Crippen LogP contribution >= 0.6 is 11.3 Å². The number of carbonyl (C=O) groups excluding carboxylic acids is 3. The fourth-order valence-corrected chi connectivity index (χ4v) is 8.23. The Morgan fingerprint density at radius 2 is 1.80 bits per heavy atom. The van der Waals surface area contributed by atoms with Crippen LogP contribution in [0.25, 0.3) is 22.3 Å². The second kappa shape index (κ2) is 15.5. The van der Waals surface area contributed by atoms with Crippen LogP contribution in [0.5, 0.6) is 5.75 Å². The second-order valence-electron chi connectivity index (χ2n) is 16.1. The third-order valence-electron chi connectivity index (χ3n) is 10.4. The molecule has 1 aromatic carbocycles. The van der Waals surface area contributed by atoms with Crippen molar-refractivity contribution in [2.75, 3.05) is 11.9 Å². The lowest BCUT2D eigenvalue weighted by Gasteiger charge is -2.35. The van der Waals surface area contributed by atoms with Crippen molar-refractivity contribution in [3.05, 3.63) is 47.9 Å². The number of hydrogen-bond acceptors (Lipinski definition) is 10. The van der Waals surface area contributed by atoms with Gasteiger partial charge >= 0.3 is 18.2 Å². The number of alkyl carbamates (subject to hydrolysis) is 1. The molecule has 0 radical (unpaired) electrons. The number of amides is 3. The minimum Gasteiger partial charge on any atom is -0.488 e. The van der Waals surface area contributed by atoms with Gasteiger partial charge < -0.3 is 35.4 Å². The van der Waals surface area contributed by atoms with E-state index in [1.165, 1.54) is 40.5 Å². The molecule has 13 nitrogen and oxygen atoms in total. The highest BCUT2D eigenvalue weighted by molar-refractivity contribution is 7.14. The van der Waals surface area contributed by atoms with Gasteiger partial charge in [0, 0.05) is 35.2 Å². The molecule has 2 aliphatic carbocycles. The number of hydrogen-bond donors (Lipinski definition) is 4. The molecule has 5 unspecified atom stereocenters. The van der Waals surface area contributed by atoms with Gasteiger partial charge in [0.2, 0.25) is 11.8 Å². The predicted octanol–water partition coefficient (Wildman–Crippen LogP) is 6.77. The molecule has 56 heavy (non-hydrogen) atoms. The van der Waals surface area contributed by atoms with Crippen LogP contribution in [0, 0.1) is 11.3 Å². The van der Waals surface area contributed by atoms with Gasteiger partial charge in [-0.25, -0.2) is 19.6 Å². The molecular formula is C39H47F3N6O7S. The van der Waals surface area contributed by atoms with Gasteiger partial charge in [-0.05, 0) is 63.5 Å². The number of carbonyl (C=O) groups is 4. The molecule has 302 valence electrons. The summed E-state index contributed by atoms with van der Waals surface area (Å²) in [5.41, 5.74) is -3.42. The number of pyridine rings is 1. The van der Waals surface area contributed by atoms with Gasteiger partial charge in [0.15, 0.2) is 5.13 Å². The lowest BCUT2D eigenvalue weighted by Crippen LogP contribution is -2.59. The van der Waals surface area contributed by atoms with E-state index in [0.717, 1.165) is 18.9 Å². The van der Waals surface area contributed by atoms with Crippen molar-refractivity contribution in [3.63, 3.8) is 0 Å². The number of nitrogens with zero attached hydrogens (tertiary/aromatic N) is 3. The fourth-order valence-electron chi connectivity index (χ4n) is 7.38. The maximum atomic E-state index is 14.5. The highest BCUT2D eigenvalue weighted by Gasteiger charge is 2.61. The van der Waals surface area contributed by atoms with Crippen LogP contribution in [0.1, 0.15) is 78.7 Å².